The lowest BCUT2D eigenvalue weighted by Crippen LogP contribution is -2.38. The molecule has 1 heterocycles. The molecule has 1 aromatic heterocycles. The number of carbonyl (C=O) groups excluding carboxylic acids is 1. The molecule has 0 atom stereocenters. The zero-order valence-corrected chi connectivity index (χ0v) is 14.9. The first-order valence-corrected chi connectivity index (χ1v) is 8.77. The Labute approximate surface area is 148 Å². The fourth-order valence-corrected chi connectivity index (χ4v) is 3.66. The van der Waals surface area contributed by atoms with Crippen molar-refractivity contribution >= 4 is 17.5 Å². The highest BCUT2D eigenvalue weighted by molar-refractivity contribution is 6.33. The van der Waals surface area contributed by atoms with E-state index in [-0.39, 0.29) is 5.91 Å². The first-order valence-electron chi connectivity index (χ1n) is 8.40. The molecule has 4 nitrogen and oxygen atoms in total. The molecule has 24 heavy (non-hydrogen) atoms. The number of amides is 1. The summed E-state index contributed by atoms with van der Waals surface area (Å²) in [7, 11) is 3.46. The van der Waals surface area contributed by atoms with Crippen LogP contribution in [0.3, 0.4) is 0 Å². The van der Waals surface area contributed by atoms with Crippen molar-refractivity contribution in [3.8, 4) is 11.4 Å². The van der Waals surface area contributed by atoms with E-state index in [1.54, 1.807) is 13.2 Å². The van der Waals surface area contributed by atoms with E-state index < -0.39 is 0 Å². The molecule has 2 aromatic rings. The molecule has 0 radical (unpaired) electrons. The summed E-state index contributed by atoms with van der Waals surface area (Å²) in [5.41, 5.74) is 1.32. The van der Waals surface area contributed by atoms with E-state index in [1.807, 2.05) is 47.1 Å². The van der Waals surface area contributed by atoms with Crippen LogP contribution >= 0.6 is 11.6 Å². The van der Waals surface area contributed by atoms with Gasteiger partial charge in [0, 0.05) is 31.5 Å². The molecule has 5 heteroatoms. The summed E-state index contributed by atoms with van der Waals surface area (Å²) in [6.07, 6.45) is 9.60. The zero-order valence-electron chi connectivity index (χ0n) is 14.2. The second-order valence-electron chi connectivity index (χ2n) is 6.30. The van der Waals surface area contributed by atoms with E-state index in [9.17, 15) is 4.79 Å². The normalized spacial score (nSPS) is 15.3. The molecule has 1 aliphatic carbocycles. The maximum atomic E-state index is 13.0. The van der Waals surface area contributed by atoms with Crippen LogP contribution in [0, 0.1) is 0 Å². The van der Waals surface area contributed by atoms with E-state index in [2.05, 4.69) is 0 Å². The van der Waals surface area contributed by atoms with Crippen LogP contribution in [0.5, 0.6) is 5.75 Å². The third-order valence-corrected chi connectivity index (χ3v) is 5.13. The molecule has 0 N–H and O–H groups in total. The molecule has 1 saturated carbocycles. The molecular weight excluding hydrogens is 324 g/mol. The number of benzene rings is 1. The Morgan fingerprint density at radius 3 is 2.50 bits per heavy atom. The maximum Gasteiger partial charge on any atom is 0.257 e. The predicted molar refractivity (Wildman–Crippen MR) is 96.3 cm³/mol. The van der Waals surface area contributed by atoms with Gasteiger partial charge in [-0.1, -0.05) is 30.9 Å². The molecule has 1 aromatic carbocycles. The van der Waals surface area contributed by atoms with Gasteiger partial charge in [-0.05, 0) is 31.0 Å². The Bertz CT molecular complexity index is 706. The van der Waals surface area contributed by atoms with Crippen molar-refractivity contribution in [1.82, 2.24) is 9.47 Å². The average Bonchev–Trinajstić information content (AvgIpc) is 3.15. The minimum Gasteiger partial charge on any atom is -0.496 e. The lowest BCUT2D eigenvalue weighted by atomic mass is 9.94. The number of hydrogen-bond acceptors (Lipinski definition) is 2. The smallest absolute Gasteiger partial charge is 0.257 e. The van der Waals surface area contributed by atoms with Crippen LogP contribution in [0.1, 0.15) is 42.5 Å². The molecule has 128 valence electrons. The fourth-order valence-electron chi connectivity index (χ4n) is 3.40. The number of aromatic nitrogens is 1. The lowest BCUT2D eigenvalue weighted by Gasteiger charge is -2.31. The summed E-state index contributed by atoms with van der Waals surface area (Å²) in [5, 5.41) is 0.535. The number of carbonyl (C=O) groups is 1. The summed E-state index contributed by atoms with van der Waals surface area (Å²) in [4.78, 5) is 14.8. The zero-order chi connectivity index (χ0) is 17.1. The van der Waals surface area contributed by atoms with Gasteiger partial charge >= 0.3 is 0 Å². The average molecular weight is 347 g/mol. The third kappa shape index (κ3) is 3.29. The van der Waals surface area contributed by atoms with Crippen molar-refractivity contribution in [3.05, 3.63) is 47.2 Å². The van der Waals surface area contributed by atoms with E-state index in [0.717, 1.165) is 18.5 Å². The quantitative estimate of drug-likeness (QED) is 0.814. The van der Waals surface area contributed by atoms with Gasteiger partial charge in [0.2, 0.25) is 0 Å². The van der Waals surface area contributed by atoms with Gasteiger partial charge in [0.05, 0.1) is 23.4 Å². The van der Waals surface area contributed by atoms with Crippen LogP contribution in [-0.2, 0) is 0 Å². The van der Waals surface area contributed by atoms with Crippen LogP contribution < -0.4 is 4.74 Å². The molecule has 1 amide bonds. The van der Waals surface area contributed by atoms with Crippen molar-refractivity contribution in [2.24, 2.45) is 0 Å². The Hall–Kier alpha value is -1.94. The van der Waals surface area contributed by atoms with Gasteiger partial charge in [0.1, 0.15) is 5.75 Å². The van der Waals surface area contributed by atoms with Crippen molar-refractivity contribution in [2.45, 2.75) is 38.1 Å². The second kappa shape index (κ2) is 7.31. The van der Waals surface area contributed by atoms with Gasteiger partial charge in [-0.2, -0.15) is 0 Å². The highest BCUT2D eigenvalue weighted by Crippen LogP contribution is 2.32. The second-order valence-corrected chi connectivity index (χ2v) is 6.71. The lowest BCUT2D eigenvalue weighted by molar-refractivity contribution is 0.0693. The van der Waals surface area contributed by atoms with Gasteiger partial charge < -0.3 is 14.2 Å². The van der Waals surface area contributed by atoms with Crippen LogP contribution in [0.2, 0.25) is 5.02 Å². The van der Waals surface area contributed by atoms with E-state index in [0.29, 0.717) is 22.4 Å². The minimum absolute atomic E-state index is 0.0280. The van der Waals surface area contributed by atoms with Gasteiger partial charge in [-0.25, -0.2) is 0 Å². The van der Waals surface area contributed by atoms with Gasteiger partial charge in [-0.3, -0.25) is 4.79 Å². The third-order valence-electron chi connectivity index (χ3n) is 4.82. The Morgan fingerprint density at radius 2 is 1.88 bits per heavy atom. The number of halogens is 1. The van der Waals surface area contributed by atoms with Crippen molar-refractivity contribution in [2.75, 3.05) is 14.2 Å². The van der Waals surface area contributed by atoms with E-state index in [1.165, 1.54) is 19.3 Å². The molecular formula is C19H23ClN2O2. The molecule has 3 rings (SSSR count). The fraction of sp³-hybridized carbons (Fsp3) is 0.421. The number of nitrogens with zero attached hydrogens (tertiary/aromatic N) is 2. The molecule has 0 aliphatic heterocycles. The number of methoxy groups -OCH3 is 1. The SMILES string of the molecule is COc1cc(-n2cccc2)c(Cl)cc1C(=O)N(C)C1CCCCC1. The Balaban J connectivity index is 1.92. The topological polar surface area (TPSA) is 34.5 Å². The molecule has 0 unspecified atom stereocenters. The predicted octanol–water partition coefficient (Wildman–Crippen LogP) is 4.54. The molecule has 1 aliphatic rings. The Morgan fingerprint density at radius 1 is 1.21 bits per heavy atom. The monoisotopic (exact) mass is 346 g/mol. The summed E-state index contributed by atoms with van der Waals surface area (Å²) >= 11 is 6.44. The van der Waals surface area contributed by atoms with Crippen molar-refractivity contribution < 1.29 is 9.53 Å². The summed E-state index contributed by atoms with van der Waals surface area (Å²) < 4.78 is 7.38. The van der Waals surface area contributed by atoms with Crippen LogP contribution in [0.25, 0.3) is 5.69 Å². The standard InChI is InChI=1S/C19H23ClN2O2/c1-21(14-8-4-3-5-9-14)19(23)15-12-16(20)17(13-18(15)24-2)22-10-6-7-11-22/h6-7,10-14H,3-5,8-9H2,1-2H3. The number of ether oxygens (including phenoxy) is 1. The first kappa shape index (κ1) is 16.9. The minimum atomic E-state index is -0.0280. The summed E-state index contributed by atoms with van der Waals surface area (Å²) in [6.45, 7) is 0. The van der Waals surface area contributed by atoms with Crippen LogP contribution in [0.4, 0.5) is 0 Å². The van der Waals surface area contributed by atoms with E-state index in [4.69, 9.17) is 16.3 Å². The van der Waals surface area contributed by atoms with E-state index >= 15 is 0 Å². The largest absolute Gasteiger partial charge is 0.496 e. The van der Waals surface area contributed by atoms with Gasteiger partial charge in [-0.15, -0.1) is 0 Å². The first-order chi connectivity index (χ1) is 11.6. The molecule has 0 saturated heterocycles. The van der Waals surface area contributed by atoms with Crippen molar-refractivity contribution in [3.63, 3.8) is 0 Å². The molecule has 1 fully saturated rings. The van der Waals surface area contributed by atoms with Crippen molar-refractivity contribution in [1.29, 1.82) is 0 Å². The Kier molecular flexibility index (Phi) is 5.14. The maximum absolute atomic E-state index is 13.0. The highest BCUT2D eigenvalue weighted by Gasteiger charge is 2.26. The highest BCUT2D eigenvalue weighted by atomic mass is 35.5. The molecule has 0 bridgehead atoms. The summed E-state index contributed by atoms with van der Waals surface area (Å²) in [6, 6.07) is 7.71. The summed E-state index contributed by atoms with van der Waals surface area (Å²) in [5.74, 6) is 0.524. The van der Waals surface area contributed by atoms with Gasteiger partial charge in [0.25, 0.3) is 5.91 Å². The number of hydrogen-bond donors (Lipinski definition) is 0. The molecule has 0 spiro atoms. The number of rotatable bonds is 4. The van der Waals surface area contributed by atoms with Crippen LogP contribution in [0.15, 0.2) is 36.7 Å². The van der Waals surface area contributed by atoms with Gasteiger partial charge in [0.15, 0.2) is 0 Å². The van der Waals surface area contributed by atoms with Crippen LogP contribution in [-0.4, -0.2) is 35.6 Å².